The molecule has 3 heteroatoms. The molecule has 1 aliphatic carbocycles. The van der Waals surface area contributed by atoms with E-state index in [1.165, 1.54) is 32.1 Å². The first-order valence-electron chi connectivity index (χ1n) is 5.78. The fraction of sp³-hybridized carbons (Fsp3) is 0.909. The SMILES string of the molecule is CC1NC(C)N(C2CCCCC2)C1=O. The standard InChI is InChI=1S/C11H20N2O/c1-8-11(14)13(9(2)12-8)10-6-4-3-5-7-10/h8-10,12H,3-7H2,1-2H3. The molecule has 1 saturated carbocycles. The van der Waals surface area contributed by atoms with Gasteiger partial charge in [0.2, 0.25) is 5.91 Å². The second-order valence-corrected chi connectivity index (χ2v) is 4.60. The molecule has 80 valence electrons. The Labute approximate surface area is 85.8 Å². The fourth-order valence-electron chi connectivity index (χ4n) is 2.78. The molecule has 0 aromatic rings. The van der Waals surface area contributed by atoms with Crippen LogP contribution in [-0.4, -0.2) is 29.1 Å². The summed E-state index contributed by atoms with van der Waals surface area (Å²) in [5.41, 5.74) is 0. The zero-order valence-electron chi connectivity index (χ0n) is 9.12. The van der Waals surface area contributed by atoms with Crippen LogP contribution in [0, 0.1) is 0 Å². The lowest BCUT2D eigenvalue weighted by molar-refractivity contribution is -0.132. The van der Waals surface area contributed by atoms with Gasteiger partial charge in [-0.15, -0.1) is 0 Å². The molecule has 1 aliphatic heterocycles. The zero-order valence-corrected chi connectivity index (χ0v) is 9.12. The van der Waals surface area contributed by atoms with Crippen LogP contribution >= 0.6 is 0 Å². The van der Waals surface area contributed by atoms with Crippen LogP contribution in [0.15, 0.2) is 0 Å². The summed E-state index contributed by atoms with van der Waals surface area (Å²) in [5.74, 6) is 0.296. The van der Waals surface area contributed by atoms with Crippen molar-refractivity contribution in [1.29, 1.82) is 0 Å². The van der Waals surface area contributed by atoms with Crippen LogP contribution in [0.4, 0.5) is 0 Å². The van der Waals surface area contributed by atoms with Crippen molar-refractivity contribution in [3.05, 3.63) is 0 Å². The summed E-state index contributed by atoms with van der Waals surface area (Å²) in [7, 11) is 0. The van der Waals surface area contributed by atoms with E-state index >= 15 is 0 Å². The molecule has 1 saturated heterocycles. The maximum Gasteiger partial charge on any atom is 0.240 e. The molecular weight excluding hydrogens is 176 g/mol. The highest BCUT2D eigenvalue weighted by molar-refractivity contribution is 5.84. The summed E-state index contributed by atoms with van der Waals surface area (Å²) in [6.07, 6.45) is 6.55. The first kappa shape index (κ1) is 9.97. The lowest BCUT2D eigenvalue weighted by Crippen LogP contribution is -2.43. The van der Waals surface area contributed by atoms with Gasteiger partial charge in [-0.25, -0.2) is 0 Å². The Balaban J connectivity index is 2.04. The Hall–Kier alpha value is -0.570. The van der Waals surface area contributed by atoms with Crippen LogP contribution in [0.3, 0.4) is 0 Å². The number of carbonyl (C=O) groups excluding carboxylic acids is 1. The smallest absolute Gasteiger partial charge is 0.240 e. The van der Waals surface area contributed by atoms with Crippen LogP contribution in [0.1, 0.15) is 46.0 Å². The van der Waals surface area contributed by atoms with Crippen molar-refractivity contribution in [2.75, 3.05) is 0 Å². The molecule has 0 aromatic carbocycles. The van der Waals surface area contributed by atoms with Crippen molar-refractivity contribution in [2.24, 2.45) is 0 Å². The molecule has 3 nitrogen and oxygen atoms in total. The van der Waals surface area contributed by atoms with Crippen LogP contribution < -0.4 is 5.32 Å². The molecule has 14 heavy (non-hydrogen) atoms. The predicted octanol–water partition coefficient (Wildman–Crippen LogP) is 1.49. The number of hydrogen-bond acceptors (Lipinski definition) is 2. The molecule has 2 fully saturated rings. The minimum Gasteiger partial charge on any atom is -0.323 e. The highest BCUT2D eigenvalue weighted by atomic mass is 16.2. The van der Waals surface area contributed by atoms with Gasteiger partial charge in [-0.05, 0) is 26.7 Å². The Kier molecular flexibility index (Phi) is 2.77. The van der Waals surface area contributed by atoms with Crippen molar-refractivity contribution in [3.8, 4) is 0 Å². The van der Waals surface area contributed by atoms with E-state index in [9.17, 15) is 4.79 Å². The Morgan fingerprint density at radius 2 is 1.86 bits per heavy atom. The maximum atomic E-state index is 11.9. The molecule has 2 aliphatic rings. The average molecular weight is 196 g/mol. The monoisotopic (exact) mass is 196 g/mol. The van der Waals surface area contributed by atoms with E-state index in [4.69, 9.17) is 0 Å². The second-order valence-electron chi connectivity index (χ2n) is 4.60. The topological polar surface area (TPSA) is 32.3 Å². The fourth-order valence-corrected chi connectivity index (χ4v) is 2.78. The van der Waals surface area contributed by atoms with Crippen molar-refractivity contribution in [1.82, 2.24) is 10.2 Å². The Morgan fingerprint density at radius 1 is 1.21 bits per heavy atom. The summed E-state index contributed by atoms with van der Waals surface area (Å²) in [6, 6.07) is 0.524. The number of nitrogens with one attached hydrogen (secondary N) is 1. The van der Waals surface area contributed by atoms with Crippen molar-refractivity contribution >= 4 is 5.91 Å². The largest absolute Gasteiger partial charge is 0.323 e. The van der Waals surface area contributed by atoms with Gasteiger partial charge in [0, 0.05) is 6.04 Å². The summed E-state index contributed by atoms with van der Waals surface area (Å²) < 4.78 is 0. The summed E-state index contributed by atoms with van der Waals surface area (Å²) in [4.78, 5) is 14.0. The second kappa shape index (κ2) is 3.89. The normalized spacial score (nSPS) is 35.3. The van der Waals surface area contributed by atoms with Crippen molar-refractivity contribution < 1.29 is 4.79 Å². The average Bonchev–Trinajstić information content (AvgIpc) is 2.43. The van der Waals surface area contributed by atoms with Gasteiger partial charge in [-0.3, -0.25) is 10.1 Å². The molecule has 2 atom stereocenters. The van der Waals surface area contributed by atoms with Crippen molar-refractivity contribution in [3.63, 3.8) is 0 Å². The van der Waals surface area contributed by atoms with E-state index in [1.54, 1.807) is 0 Å². The predicted molar refractivity (Wildman–Crippen MR) is 55.8 cm³/mol. The number of amides is 1. The molecule has 1 amide bonds. The third kappa shape index (κ3) is 1.65. The minimum absolute atomic E-state index is 0.0203. The van der Waals surface area contributed by atoms with E-state index < -0.39 is 0 Å². The third-order valence-corrected chi connectivity index (χ3v) is 3.50. The Morgan fingerprint density at radius 3 is 2.36 bits per heavy atom. The molecular formula is C11H20N2O. The number of nitrogens with zero attached hydrogens (tertiary/aromatic N) is 1. The molecule has 0 spiro atoms. The molecule has 0 bridgehead atoms. The van der Waals surface area contributed by atoms with Crippen LogP contribution in [0.25, 0.3) is 0 Å². The summed E-state index contributed by atoms with van der Waals surface area (Å²) in [5, 5.41) is 3.29. The molecule has 0 aromatic heterocycles. The van der Waals surface area contributed by atoms with Gasteiger partial charge in [0.15, 0.2) is 0 Å². The summed E-state index contributed by atoms with van der Waals surface area (Å²) in [6.45, 7) is 4.05. The van der Waals surface area contributed by atoms with Gasteiger partial charge in [0.25, 0.3) is 0 Å². The van der Waals surface area contributed by atoms with Gasteiger partial charge in [0.1, 0.15) is 0 Å². The molecule has 2 unspecified atom stereocenters. The molecule has 0 radical (unpaired) electrons. The number of carbonyl (C=O) groups is 1. The first-order valence-corrected chi connectivity index (χ1v) is 5.78. The van der Waals surface area contributed by atoms with E-state index in [1.807, 2.05) is 6.92 Å². The van der Waals surface area contributed by atoms with E-state index in [2.05, 4.69) is 17.1 Å². The van der Waals surface area contributed by atoms with Crippen LogP contribution in [0.5, 0.6) is 0 Å². The van der Waals surface area contributed by atoms with Crippen molar-refractivity contribution in [2.45, 2.75) is 64.2 Å². The van der Waals surface area contributed by atoms with Crippen LogP contribution in [-0.2, 0) is 4.79 Å². The summed E-state index contributed by atoms with van der Waals surface area (Å²) >= 11 is 0. The lowest BCUT2D eigenvalue weighted by atomic mass is 9.94. The van der Waals surface area contributed by atoms with Gasteiger partial charge in [0.05, 0.1) is 12.2 Å². The highest BCUT2D eigenvalue weighted by Crippen LogP contribution is 2.26. The lowest BCUT2D eigenvalue weighted by Gasteiger charge is -2.33. The zero-order chi connectivity index (χ0) is 10.1. The third-order valence-electron chi connectivity index (χ3n) is 3.50. The first-order chi connectivity index (χ1) is 6.70. The molecule has 2 rings (SSSR count). The quantitative estimate of drug-likeness (QED) is 0.689. The van der Waals surface area contributed by atoms with Gasteiger partial charge >= 0.3 is 0 Å². The van der Waals surface area contributed by atoms with E-state index in [0.717, 1.165) is 0 Å². The van der Waals surface area contributed by atoms with Gasteiger partial charge < -0.3 is 4.90 Å². The van der Waals surface area contributed by atoms with Crippen LogP contribution in [0.2, 0.25) is 0 Å². The van der Waals surface area contributed by atoms with E-state index in [-0.39, 0.29) is 12.2 Å². The Bertz CT molecular complexity index is 223. The van der Waals surface area contributed by atoms with Gasteiger partial charge in [-0.2, -0.15) is 0 Å². The van der Waals surface area contributed by atoms with Gasteiger partial charge in [-0.1, -0.05) is 19.3 Å². The molecule has 1 N–H and O–H groups in total. The number of rotatable bonds is 1. The molecule has 1 heterocycles. The highest BCUT2D eigenvalue weighted by Gasteiger charge is 2.37. The maximum absolute atomic E-state index is 11.9. The minimum atomic E-state index is 0.0203. The number of hydrogen-bond donors (Lipinski definition) is 1. The van der Waals surface area contributed by atoms with E-state index in [0.29, 0.717) is 11.9 Å².